The number of carbonyl (C=O) groups is 3. The van der Waals surface area contributed by atoms with E-state index in [4.69, 9.17) is 15.9 Å². The third-order valence-electron chi connectivity index (χ3n) is 5.45. The molecule has 0 saturated heterocycles. The lowest BCUT2D eigenvalue weighted by Crippen LogP contribution is -2.61. The molecule has 1 aliphatic heterocycles. The molecule has 39 heavy (non-hydrogen) atoms. The highest BCUT2D eigenvalue weighted by molar-refractivity contribution is 6.11. The number of nitrogens with zero attached hydrogens (tertiary/aromatic N) is 3. The van der Waals surface area contributed by atoms with Crippen LogP contribution in [0.25, 0.3) is 0 Å². The van der Waals surface area contributed by atoms with Crippen molar-refractivity contribution in [3.8, 4) is 6.07 Å². The lowest BCUT2D eigenvalue weighted by atomic mass is 9.95. The monoisotopic (exact) mass is 545 g/mol. The first-order chi connectivity index (χ1) is 18.3. The number of anilines is 1. The summed E-state index contributed by atoms with van der Waals surface area (Å²) in [5, 5.41) is 22.9. The molecule has 0 aliphatic carbocycles. The fraction of sp³-hybridized carbons (Fsp3) is 0.240. The van der Waals surface area contributed by atoms with Gasteiger partial charge in [-0.15, -0.1) is 0 Å². The lowest BCUT2D eigenvalue weighted by molar-refractivity contribution is -0.138. The summed E-state index contributed by atoms with van der Waals surface area (Å²) in [4.78, 5) is 39.8. The van der Waals surface area contributed by atoms with Crippen LogP contribution in [-0.4, -0.2) is 48.6 Å². The topological polar surface area (TPSA) is 165 Å². The molecule has 4 amide bonds. The molecule has 0 bridgehead atoms. The quantitative estimate of drug-likeness (QED) is 0.233. The number of hydrogen-bond acceptors (Lipinski definition) is 6. The number of rotatable bonds is 7. The van der Waals surface area contributed by atoms with Crippen LogP contribution >= 0.6 is 0 Å². The van der Waals surface area contributed by atoms with Crippen molar-refractivity contribution < 1.29 is 32.3 Å². The standard InChI is InChI=1S/C25H26F3N7O4/c1-5-15(13-29)10-11-18(33-24(38)32-6-2)20-19(21(36)39-4)14(3)34(22(30)35(20)23(31)37)17-9-7-8-16(12-17)25(26,27)28/h5,7-12,20,30H,1,6H2,2-4H3,(H2,31,37)(H2,32,33,38)/b15-10+,18-11-,30-22?/t20-/m1/s1. The van der Waals surface area contributed by atoms with Crippen molar-refractivity contribution in [1.82, 2.24) is 15.5 Å². The Balaban J connectivity index is 2.93. The number of nitriles is 1. The number of amides is 4. The zero-order valence-corrected chi connectivity index (χ0v) is 21.2. The molecule has 1 aliphatic rings. The second-order valence-corrected chi connectivity index (χ2v) is 7.85. The Kier molecular flexibility index (Phi) is 9.63. The molecule has 1 aromatic rings. The summed E-state index contributed by atoms with van der Waals surface area (Å²) in [5.74, 6) is -1.74. The Morgan fingerprint density at radius 1 is 1.31 bits per heavy atom. The van der Waals surface area contributed by atoms with Gasteiger partial charge < -0.3 is 21.1 Å². The number of benzene rings is 1. The fourth-order valence-electron chi connectivity index (χ4n) is 3.74. The Bertz CT molecular complexity index is 1330. The summed E-state index contributed by atoms with van der Waals surface area (Å²) in [7, 11) is 1.04. The molecular weight excluding hydrogens is 519 g/mol. The first kappa shape index (κ1) is 30.2. The second-order valence-electron chi connectivity index (χ2n) is 7.85. The van der Waals surface area contributed by atoms with E-state index in [0.29, 0.717) is 4.90 Å². The third-order valence-corrected chi connectivity index (χ3v) is 5.45. The number of carbonyl (C=O) groups excluding carboxylic acids is 3. The van der Waals surface area contributed by atoms with Crippen LogP contribution in [0.3, 0.4) is 0 Å². The fourth-order valence-corrected chi connectivity index (χ4v) is 3.74. The number of primary amides is 1. The molecule has 1 heterocycles. The Labute approximate surface area is 222 Å². The first-order valence-electron chi connectivity index (χ1n) is 11.2. The van der Waals surface area contributed by atoms with Gasteiger partial charge in [-0.3, -0.25) is 15.2 Å². The number of halogens is 3. The highest BCUT2D eigenvalue weighted by atomic mass is 19.4. The number of urea groups is 2. The Morgan fingerprint density at radius 3 is 2.49 bits per heavy atom. The maximum Gasteiger partial charge on any atom is 0.416 e. The van der Waals surface area contributed by atoms with Crippen LogP contribution in [0.1, 0.15) is 19.4 Å². The SMILES string of the molecule is C=C/C(C#N)=C\C=C(/NC(=O)NCC)[C@@H]1C(C(=O)OC)=C(C)N(c2cccc(C(F)(F)F)c2)C(=N)N1C(N)=O. The van der Waals surface area contributed by atoms with E-state index in [-0.39, 0.29) is 34.8 Å². The predicted molar refractivity (Wildman–Crippen MR) is 136 cm³/mol. The van der Waals surface area contributed by atoms with Crippen LogP contribution < -0.4 is 21.3 Å². The van der Waals surface area contributed by atoms with Crippen LogP contribution in [0.15, 0.2) is 71.6 Å². The van der Waals surface area contributed by atoms with Crippen LogP contribution in [-0.2, 0) is 15.7 Å². The van der Waals surface area contributed by atoms with Crippen molar-refractivity contribution in [2.75, 3.05) is 18.6 Å². The van der Waals surface area contributed by atoms with Gasteiger partial charge in [-0.25, -0.2) is 14.4 Å². The van der Waals surface area contributed by atoms with Gasteiger partial charge in [0.15, 0.2) is 0 Å². The van der Waals surface area contributed by atoms with Crippen LogP contribution in [0.2, 0.25) is 0 Å². The first-order valence-corrected chi connectivity index (χ1v) is 11.2. The zero-order chi connectivity index (χ0) is 29.5. The van der Waals surface area contributed by atoms with E-state index in [1.54, 1.807) is 6.92 Å². The van der Waals surface area contributed by atoms with Crippen LogP contribution in [0.5, 0.6) is 0 Å². The van der Waals surface area contributed by atoms with Crippen LogP contribution in [0, 0.1) is 16.7 Å². The highest BCUT2D eigenvalue weighted by Crippen LogP contribution is 2.37. The largest absolute Gasteiger partial charge is 0.466 e. The molecule has 1 atom stereocenters. The molecule has 14 heteroatoms. The summed E-state index contributed by atoms with van der Waals surface area (Å²) in [5.41, 5.74) is 3.84. The maximum absolute atomic E-state index is 13.4. The van der Waals surface area contributed by atoms with Gasteiger partial charge in [-0.1, -0.05) is 18.7 Å². The molecule has 2 rings (SSSR count). The number of nitrogens with one attached hydrogen (secondary N) is 3. The van der Waals surface area contributed by atoms with Gasteiger partial charge in [-0.2, -0.15) is 18.4 Å². The van der Waals surface area contributed by atoms with Crippen molar-refractivity contribution >= 4 is 29.7 Å². The molecule has 0 saturated carbocycles. The average Bonchev–Trinajstić information content (AvgIpc) is 2.87. The highest BCUT2D eigenvalue weighted by Gasteiger charge is 2.45. The summed E-state index contributed by atoms with van der Waals surface area (Å²) in [6.45, 7) is 6.66. The maximum atomic E-state index is 13.4. The zero-order valence-electron chi connectivity index (χ0n) is 21.2. The molecule has 11 nitrogen and oxygen atoms in total. The van der Waals surface area contributed by atoms with E-state index in [1.165, 1.54) is 31.2 Å². The van der Waals surface area contributed by atoms with Gasteiger partial charge in [0.05, 0.1) is 29.9 Å². The number of methoxy groups -OCH3 is 1. The van der Waals surface area contributed by atoms with Crippen molar-refractivity contribution in [2.24, 2.45) is 5.73 Å². The normalized spacial score (nSPS) is 16.4. The third kappa shape index (κ3) is 6.63. The number of ether oxygens (including phenoxy) is 1. The van der Waals surface area contributed by atoms with Crippen molar-refractivity contribution in [2.45, 2.75) is 26.1 Å². The minimum Gasteiger partial charge on any atom is -0.466 e. The van der Waals surface area contributed by atoms with Gasteiger partial charge in [0.25, 0.3) is 0 Å². The van der Waals surface area contributed by atoms with E-state index in [0.717, 1.165) is 30.2 Å². The van der Waals surface area contributed by atoms with Crippen LogP contribution in [0.4, 0.5) is 28.4 Å². The molecule has 0 spiro atoms. The number of esters is 1. The second kappa shape index (κ2) is 12.5. The van der Waals surface area contributed by atoms with Gasteiger partial charge in [-0.05, 0) is 44.2 Å². The number of allylic oxidation sites excluding steroid dienone is 5. The summed E-state index contributed by atoms with van der Waals surface area (Å²) >= 11 is 0. The summed E-state index contributed by atoms with van der Waals surface area (Å²) < 4.78 is 45.2. The molecular formula is C25H26F3N7O4. The number of nitrogens with two attached hydrogens (primary N) is 1. The molecule has 0 radical (unpaired) electrons. The van der Waals surface area contributed by atoms with Gasteiger partial charge >= 0.3 is 24.2 Å². The van der Waals surface area contributed by atoms with Crippen molar-refractivity contribution in [1.29, 1.82) is 10.7 Å². The van der Waals surface area contributed by atoms with Gasteiger partial charge in [0.1, 0.15) is 6.04 Å². The Morgan fingerprint density at radius 2 is 1.97 bits per heavy atom. The molecule has 0 aromatic heterocycles. The molecule has 0 unspecified atom stereocenters. The minimum atomic E-state index is -4.72. The van der Waals surface area contributed by atoms with E-state index in [1.807, 2.05) is 6.07 Å². The Hall–Kier alpha value is -5.06. The average molecular weight is 546 g/mol. The summed E-state index contributed by atoms with van der Waals surface area (Å²) in [6.07, 6.45) is -1.06. The number of hydrogen-bond donors (Lipinski definition) is 4. The number of alkyl halides is 3. The summed E-state index contributed by atoms with van der Waals surface area (Å²) in [6, 6.07) is 2.15. The molecule has 206 valence electrons. The van der Waals surface area contributed by atoms with E-state index >= 15 is 0 Å². The smallest absolute Gasteiger partial charge is 0.416 e. The predicted octanol–water partition coefficient (Wildman–Crippen LogP) is 3.50. The van der Waals surface area contributed by atoms with E-state index in [2.05, 4.69) is 17.2 Å². The van der Waals surface area contributed by atoms with E-state index < -0.39 is 41.8 Å². The molecule has 1 aromatic carbocycles. The van der Waals surface area contributed by atoms with E-state index in [9.17, 15) is 32.8 Å². The van der Waals surface area contributed by atoms with Gasteiger partial charge in [0, 0.05) is 23.6 Å². The minimum absolute atomic E-state index is 0.0487. The molecule has 0 fully saturated rings. The van der Waals surface area contributed by atoms with Crippen molar-refractivity contribution in [3.05, 3.63) is 77.2 Å². The van der Waals surface area contributed by atoms with Gasteiger partial charge in [0.2, 0.25) is 5.96 Å². The number of guanidine groups is 1. The lowest BCUT2D eigenvalue weighted by Gasteiger charge is -2.43. The van der Waals surface area contributed by atoms with Crippen molar-refractivity contribution in [3.63, 3.8) is 0 Å². The molecule has 5 N–H and O–H groups in total.